The second-order valence-electron chi connectivity index (χ2n) is 10.00. The molecule has 0 amide bonds. The molecule has 160 valence electrons. The van der Waals surface area contributed by atoms with Crippen molar-refractivity contribution in [3.63, 3.8) is 0 Å². The molecule has 0 saturated heterocycles. The monoisotopic (exact) mass is 416 g/mol. The van der Waals surface area contributed by atoms with Gasteiger partial charge in [-0.3, -0.25) is 0 Å². The van der Waals surface area contributed by atoms with E-state index in [-0.39, 0.29) is 0 Å². The second-order valence-corrected chi connectivity index (χ2v) is 10.00. The van der Waals surface area contributed by atoms with Crippen molar-refractivity contribution < 1.29 is 0 Å². The molecule has 0 nitrogen and oxygen atoms in total. The van der Waals surface area contributed by atoms with Gasteiger partial charge in [0.2, 0.25) is 0 Å². The third kappa shape index (κ3) is 3.66. The largest absolute Gasteiger partial charge is 0.0617 e. The van der Waals surface area contributed by atoms with Gasteiger partial charge in [-0.15, -0.1) is 0 Å². The molecule has 0 heterocycles. The van der Waals surface area contributed by atoms with Crippen LogP contribution in [0.4, 0.5) is 0 Å². The summed E-state index contributed by atoms with van der Waals surface area (Å²) in [6.07, 6.45) is 20.2. The highest BCUT2D eigenvalue weighted by Crippen LogP contribution is 2.54. The Morgan fingerprint density at radius 1 is 0.469 bits per heavy atom. The van der Waals surface area contributed by atoms with E-state index >= 15 is 0 Å². The van der Waals surface area contributed by atoms with Gasteiger partial charge in [0.15, 0.2) is 0 Å². The van der Waals surface area contributed by atoms with Crippen molar-refractivity contribution in [1.29, 1.82) is 0 Å². The average Bonchev–Trinajstić information content (AvgIpc) is 3.43. The Balaban J connectivity index is 1.40. The van der Waals surface area contributed by atoms with E-state index in [1.165, 1.54) is 96.6 Å². The maximum absolute atomic E-state index is 2.48. The van der Waals surface area contributed by atoms with Crippen LogP contribution in [0, 0.1) is 75.0 Å². The first-order valence-electron chi connectivity index (χ1n) is 12.5. The van der Waals surface area contributed by atoms with Crippen molar-refractivity contribution in [1.82, 2.24) is 0 Å². The Morgan fingerprint density at radius 3 is 1.16 bits per heavy atom. The average molecular weight is 417 g/mol. The van der Waals surface area contributed by atoms with E-state index in [0.29, 0.717) is 0 Å². The summed E-state index contributed by atoms with van der Waals surface area (Å²) in [5, 5.41) is 0. The van der Waals surface area contributed by atoms with E-state index in [0.717, 1.165) is 0 Å². The summed E-state index contributed by atoms with van der Waals surface area (Å²) in [5.41, 5.74) is 8.36. The van der Waals surface area contributed by atoms with Crippen molar-refractivity contribution >= 4 is 0 Å². The number of aryl methyl sites for hydroxylation is 2. The molecule has 0 atom stereocenters. The van der Waals surface area contributed by atoms with Gasteiger partial charge in [0.1, 0.15) is 0 Å². The predicted octanol–water partition coefficient (Wildman–Crippen LogP) is 8.11. The molecule has 0 bridgehead atoms. The van der Waals surface area contributed by atoms with E-state index in [4.69, 9.17) is 0 Å². The van der Waals surface area contributed by atoms with E-state index in [1.54, 1.807) is 23.7 Å². The maximum atomic E-state index is 2.48. The Kier molecular flexibility index (Phi) is 5.68. The normalized spacial score (nSPS) is 24.2. The summed E-state index contributed by atoms with van der Waals surface area (Å²) >= 11 is 0. The molecule has 10 radical (unpaired) electrons. The lowest BCUT2D eigenvalue weighted by Crippen LogP contribution is -2.08. The zero-order chi connectivity index (χ0) is 21.7. The minimum atomic E-state index is 1.24. The van der Waals surface area contributed by atoms with Crippen molar-refractivity contribution in [3.05, 3.63) is 120 Å². The molecule has 0 aromatic heterocycles. The summed E-state index contributed by atoms with van der Waals surface area (Å²) in [4.78, 5) is 0. The zero-order valence-electron chi connectivity index (χ0n) is 19.4. The van der Waals surface area contributed by atoms with Crippen LogP contribution in [0.15, 0.2) is 36.4 Å². The molecule has 4 aliphatic carbocycles. The summed E-state index contributed by atoms with van der Waals surface area (Å²) in [5.74, 6) is 9.12. The van der Waals surface area contributed by atoms with Crippen molar-refractivity contribution in [2.24, 2.45) is 0 Å². The molecule has 0 aliphatic heterocycles. The molecular weight excluding hydrogens is 384 g/mol. The minimum Gasteiger partial charge on any atom is -0.0617 e. The maximum Gasteiger partial charge on any atom is 0.0136 e. The topological polar surface area (TPSA) is 0 Å². The lowest BCUT2D eigenvalue weighted by Gasteiger charge is -2.24. The van der Waals surface area contributed by atoms with Crippen LogP contribution in [-0.4, -0.2) is 0 Å². The Labute approximate surface area is 196 Å². The molecular formula is C32H32. The molecule has 4 aliphatic rings. The van der Waals surface area contributed by atoms with Crippen molar-refractivity contribution in [3.8, 4) is 11.1 Å². The molecule has 2 aromatic rings. The van der Waals surface area contributed by atoms with E-state index in [1.807, 2.05) is 0 Å². The number of hydrogen-bond acceptors (Lipinski definition) is 0. The second kappa shape index (κ2) is 8.66. The van der Waals surface area contributed by atoms with Gasteiger partial charge in [0, 0.05) is 11.8 Å². The fourth-order valence-corrected chi connectivity index (χ4v) is 6.19. The van der Waals surface area contributed by atoms with Crippen LogP contribution in [0.3, 0.4) is 0 Å². The molecule has 0 spiro atoms. The van der Waals surface area contributed by atoms with Crippen LogP contribution < -0.4 is 0 Å². The van der Waals surface area contributed by atoms with E-state index in [2.05, 4.69) is 75.9 Å². The summed E-state index contributed by atoms with van der Waals surface area (Å²) in [6, 6.07) is 13.7. The SMILES string of the molecule is Cc1cccc([C]2[CH][C]3CCCC[C]3[CH]2)c1-c1c(C)cccc1[C]1[CH][C]2CCCC[C]2[CH]1. The first-order valence-corrected chi connectivity index (χ1v) is 12.5. The molecule has 2 aromatic carbocycles. The van der Waals surface area contributed by atoms with E-state index in [9.17, 15) is 0 Å². The lowest BCUT2D eigenvalue weighted by atomic mass is 9.80. The number of rotatable bonds is 3. The lowest BCUT2D eigenvalue weighted by molar-refractivity contribution is 0.603. The van der Waals surface area contributed by atoms with Gasteiger partial charge in [0.05, 0.1) is 0 Å². The van der Waals surface area contributed by atoms with Crippen LogP contribution in [0.2, 0.25) is 0 Å². The third-order valence-corrected chi connectivity index (χ3v) is 7.85. The first-order chi connectivity index (χ1) is 15.7. The molecule has 4 saturated carbocycles. The van der Waals surface area contributed by atoms with Crippen molar-refractivity contribution in [2.45, 2.75) is 65.2 Å². The van der Waals surface area contributed by atoms with Crippen LogP contribution in [0.5, 0.6) is 0 Å². The van der Waals surface area contributed by atoms with Crippen molar-refractivity contribution in [2.75, 3.05) is 0 Å². The van der Waals surface area contributed by atoms with Crippen LogP contribution in [0.1, 0.15) is 73.6 Å². The van der Waals surface area contributed by atoms with Gasteiger partial charge < -0.3 is 0 Å². The zero-order valence-corrected chi connectivity index (χ0v) is 19.4. The third-order valence-electron chi connectivity index (χ3n) is 7.85. The van der Waals surface area contributed by atoms with Crippen LogP contribution in [-0.2, 0) is 0 Å². The molecule has 0 unspecified atom stereocenters. The summed E-state index contributed by atoms with van der Waals surface area (Å²) in [7, 11) is 0. The smallest absolute Gasteiger partial charge is 0.0136 e. The number of hydrogen-bond donors (Lipinski definition) is 0. The summed E-state index contributed by atoms with van der Waals surface area (Å²) < 4.78 is 0. The van der Waals surface area contributed by atoms with Gasteiger partial charge in [-0.2, -0.15) is 0 Å². The highest BCUT2D eigenvalue weighted by Gasteiger charge is 2.41. The highest BCUT2D eigenvalue weighted by molar-refractivity contribution is 5.84. The molecule has 6 rings (SSSR count). The molecule has 0 N–H and O–H groups in total. The van der Waals surface area contributed by atoms with Gasteiger partial charge >= 0.3 is 0 Å². The first kappa shape index (κ1) is 21.0. The van der Waals surface area contributed by atoms with Gasteiger partial charge in [-0.25, -0.2) is 0 Å². The van der Waals surface area contributed by atoms with Crippen LogP contribution >= 0.6 is 0 Å². The fourth-order valence-electron chi connectivity index (χ4n) is 6.19. The Morgan fingerprint density at radius 2 is 0.812 bits per heavy atom. The Bertz CT molecular complexity index is 860. The summed E-state index contributed by atoms with van der Waals surface area (Å²) in [6.45, 7) is 4.57. The fraction of sp³-hybridized carbons (Fsp3) is 0.312. The molecule has 0 heteroatoms. The molecule has 32 heavy (non-hydrogen) atoms. The number of fused-ring (bicyclic) bond motifs is 2. The minimum absolute atomic E-state index is 1.24. The van der Waals surface area contributed by atoms with Gasteiger partial charge in [0.25, 0.3) is 0 Å². The molecule has 4 fully saturated rings. The highest BCUT2D eigenvalue weighted by atomic mass is 14.4. The quantitative estimate of drug-likeness (QED) is 0.474. The Hall–Kier alpha value is -1.56. The standard InChI is InChI=1S/C32H32/c1-21-9-7-15-29(27-17-23-11-3-4-12-24(23)18-27)31(21)32-22(2)10-8-16-30(32)28-19-25-13-5-6-14-26(25)20-28/h7-10,15-20H,3-6,11-14H2,1-2H3. The number of benzene rings is 2. The van der Waals surface area contributed by atoms with Gasteiger partial charge in [-0.05, 0) is 122 Å². The van der Waals surface area contributed by atoms with Crippen LogP contribution in [0.25, 0.3) is 11.1 Å². The van der Waals surface area contributed by atoms with E-state index < -0.39 is 0 Å². The van der Waals surface area contributed by atoms with Gasteiger partial charge in [-0.1, -0.05) is 62.1 Å². The predicted molar refractivity (Wildman–Crippen MR) is 133 cm³/mol.